The number of amides is 2. The minimum absolute atomic E-state index is 0.0506. The maximum Gasteiger partial charge on any atom is 0.279 e. The molecule has 0 fully saturated rings. The fourth-order valence-electron chi connectivity index (χ4n) is 2.79. The van der Waals surface area contributed by atoms with Crippen LogP contribution in [0.5, 0.6) is 0 Å². The van der Waals surface area contributed by atoms with Crippen molar-refractivity contribution in [3.05, 3.63) is 21.4 Å². The fraction of sp³-hybridized carbons (Fsp3) is 0.647. The predicted octanol–water partition coefficient (Wildman–Crippen LogP) is 2.70. The Kier molecular flexibility index (Phi) is 5.81. The zero-order valence-electron chi connectivity index (χ0n) is 14.3. The summed E-state index contributed by atoms with van der Waals surface area (Å²) in [6.07, 6.45) is 3.23. The molecule has 2 rings (SSSR count). The van der Waals surface area contributed by atoms with Crippen LogP contribution in [0.2, 0.25) is 0 Å². The smallest absolute Gasteiger partial charge is 0.279 e. The summed E-state index contributed by atoms with van der Waals surface area (Å²) < 4.78 is 4.98. The third-order valence-corrected chi connectivity index (χ3v) is 5.52. The highest BCUT2D eigenvalue weighted by molar-refractivity contribution is 7.14. The predicted molar refractivity (Wildman–Crippen MR) is 91.4 cm³/mol. The van der Waals surface area contributed by atoms with E-state index in [1.165, 1.54) is 28.2 Å². The summed E-state index contributed by atoms with van der Waals surface area (Å²) in [5, 5.41) is 0. The van der Waals surface area contributed by atoms with Gasteiger partial charge in [-0.25, -0.2) is 0 Å². The van der Waals surface area contributed by atoms with E-state index in [1.54, 1.807) is 0 Å². The van der Waals surface area contributed by atoms with E-state index in [0.717, 1.165) is 12.8 Å². The van der Waals surface area contributed by atoms with Crippen LogP contribution in [-0.2, 0) is 22.4 Å². The van der Waals surface area contributed by atoms with Crippen LogP contribution in [0.15, 0.2) is 6.07 Å². The van der Waals surface area contributed by atoms with Crippen molar-refractivity contribution in [2.75, 3.05) is 13.2 Å². The van der Waals surface area contributed by atoms with Gasteiger partial charge in [-0.2, -0.15) is 0 Å². The van der Waals surface area contributed by atoms with Crippen LogP contribution in [0.25, 0.3) is 0 Å². The number of nitrogens with one attached hydrogen (secondary N) is 2. The van der Waals surface area contributed by atoms with Crippen LogP contribution in [-0.4, -0.2) is 25.0 Å². The first-order chi connectivity index (χ1) is 10.8. The number of fused-ring (bicyclic) bond motifs is 1. The van der Waals surface area contributed by atoms with Gasteiger partial charge in [0, 0.05) is 11.5 Å². The highest BCUT2D eigenvalue weighted by atomic mass is 32.1. The largest absolute Gasteiger partial charge is 0.372 e. The van der Waals surface area contributed by atoms with E-state index in [4.69, 9.17) is 4.74 Å². The van der Waals surface area contributed by atoms with E-state index < -0.39 is 0 Å². The molecule has 0 spiro atoms. The molecule has 0 aliphatic heterocycles. The topological polar surface area (TPSA) is 67.4 Å². The van der Waals surface area contributed by atoms with E-state index in [1.807, 2.05) is 13.0 Å². The number of hydrazine groups is 1. The van der Waals surface area contributed by atoms with E-state index in [2.05, 4.69) is 31.6 Å². The number of aryl methyl sites for hydroxylation is 1. The quantitative estimate of drug-likeness (QED) is 0.830. The Morgan fingerprint density at radius 1 is 1.35 bits per heavy atom. The van der Waals surface area contributed by atoms with E-state index in [0.29, 0.717) is 17.4 Å². The number of hydrogen-bond acceptors (Lipinski definition) is 4. The Labute approximate surface area is 141 Å². The lowest BCUT2D eigenvalue weighted by Gasteiger charge is -2.33. The summed E-state index contributed by atoms with van der Waals surface area (Å²) in [5.41, 5.74) is 6.39. The molecular weight excluding hydrogens is 312 g/mol. The summed E-state index contributed by atoms with van der Waals surface area (Å²) in [6.45, 7) is 9.05. The molecule has 1 unspecified atom stereocenters. The van der Waals surface area contributed by atoms with Gasteiger partial charge in [-0.05, 0) is 49.1 Å². The van der Waals surface area contributed by atoms with Crippen LogP contribution < -0.4 is 10.9 Å². The monoisotopic (exact) mass is 338 g/mol. The van der Waals surface area contributed by atoms with Gasteiger partial charge >= 0.3 is 0 Å². The van der Waals surface area contributed by atoms with Gasteiger partial charge in [0.25, 0.3) is 11.8 Å². The van der Waals surface area contributed by atoms with Crippen molar-refractivity contribution in [3.63, 3.8) is 0 Å². The average Bonchev–Trinajstić information content (AvgIpc) is 2.92. The SMILES string of the molecule is CCOCC(=O)NNC(=O)c1cc2c(s1)CCC(C(C)(C)C)C2. The van der Waals surface area contributed by atoms with Crippen molar-refractivity contribution in [3.8, 4) is 0 Å². The zero-order valence-corrected chi connectivity index (χ0v) is 15.1. The maximum absolute atomic E-state index is 12.2. The maximum atomic E-state index is 12.2. The Morgan fingerprint density at radius 2 is 2.09 bits per heavy atom. The molecule has 1 aromatic heterocycles. The summed E-state index contributed by atoms with van der Waals surface area (Å²) >= 11 is 1.53. The fourth-order valence-corrected chi connectivity index (χ4v) is 3.90. The van der Waals surface area contributed by atoms with Gasteiger partial charge < -0.3 is 4.74 Å². The molecule has 128 valence electrons. The second-order valence-corrected chi connectivity index (χ2v) is 8.14. The molecule has 0 saturated carbocycles. The summed E-state index contributed by atoms with van der Waals surface area (Å²) in [4.78, 5) is 25.6. The van der Waals surface area contributed by atoms with Gasteiger partial charge in [0.1, 0.15) is 6.61 Å². The van der Waals surface area contributed by atoms with Gasteiger partial charge in [0.15, 0.2) is 0 Å². The van der Waals surface area contributed by atoms with E-state index >= 15 is 0 Å². The first-order valence-electron chi connectivity index (χ1n) is 8.09. The highest BCUT2D eigenvalue weighted by Crippen LogP contribution is 2.39. The van der Waals surface area contributed by atoms with Crippen LogP contribution in [0.4, 0.5) is 0 Å². The number of ether oxygens (including phenoxy) is 1. The average molecular weight is 338 g/mol. The van der Waals surface area contributed by atoms with Crippen molar-refractivity contribution in [1.82, 2.24) is 10.9 Å². The van der Waals surface area contributed by atoms with Crippen molar-refractivity contribution in [1.29, 1.82) is 0 Å². The highest BCUT2D eigenvalue weighted by Gasteiger charge is 2.30. The third kappa shape index (κ3) is 4.78. The van der Waals surface area contributed by atoms with E-state index in [9.17, 15) is 9.59 Å². The summed E-state index contributed by atoms with van der Waals surface area (Å²) in [6, 6.07) is 1.97. The van der Waals surface area contributed by atoms with Crippen LogP contribution in [0, 0.1) is 11.3 Å². The van der Waals surface area contributed by atoms with Gasteiger partial charge in [0.05, 0.1) is 4.88 Å². The molecule has 0 saturated heterocycles. The van der Waals surface area contributed by atoms with Crippen molar-refractivity contribution in [2.45, 2.75) is 47.0 Å². The Morgan fingerprint density at radius 3 is 2.74 bits per heavy atom. The van der Waals surface area contributed by atoms with Crippen molar-refractivity contribution >= 4 is 23.2 Å². The van der Waals surface area contributed by atoms with Gasteiger partial charge in [-0.1, -0.05) is 20.8 Å². The molecule has 1 aliphatic rings. The molecule has 2 amide bonds. The lowest BCUT2D eigenvalue weighted by Crippen LogP contribution is -2.43. The van der Waals surface area contributed by atoms with Crippen LogP contribution in [0.1, 0.15) is 54.2 Å². The molecule has 0 radical (unpaired) electrons. The number of carbonyl (C=O) groups excluding carboxylic acids is 2. The molecule has 0 bridgehead atoms. The van der Waals surface area contributed by atoms with Gasteiger partial charge in [0.2, 0.25) is 0 Å². The number of rotatable bonds is 4. The van der Waals surface area contributed by atoms with Gasteiger partial charge in [-0.3, -0.25) is 20.4 Å². The first-order valence-corrected chi connectivity index (χ1v) is 8.91. The standard InChI is InChI=1S/C17H26N2O3S/c1-5-22-10-15(20)18-19-16(21)14-9-11-8-12(17(2,3)4)6-7-13(11)23-14/h9,12H,5-8,10H2,1-4H3,(H,18,20)(H,19,21). The lowest BCUT2D eigenvalue weighted by atomic mass is 9.72. The normalized spacial score (nSPS) is 17.5. The van der Waals surface area contributed by atoms with Crippen molar-refractivity contribution in [2.24, 2.45) is 11.3 Å². The zero-order chi connectivity index (χ0) is 17.0. The first kappa shape index (κ1) is 17.9. The van der Waals surface area contributed by atoms with E-state index in [-0.39, 0.29) is 23.8 Å². The number of carbonyl (C=O) groups is 2. The molecule has 0 aromatic carbocycles. The summed E-state index contributed by atoms with van der Waals surface area (Å²) in [7, 11) is 0. The van der Waals surface area contributed by atoms with Gasteiger partial charge in [-0.15, -0.1) is 11.3 Å². The minimum atomic E-state index is -0.352. The summed E-state index contributed by atoms with van der Waals surface area (Å²) in [5.74, 6) is 0.0299. The third-order valence-electron chi connectivity index (χ3n) is 4.28. The second-order valence-electron chi connectivity index (χ2n) is 7.00. The molecular formula is C17H26N2O3S. The Hall–Kier alpha value is -1.40. The Balaban J connectivity index is 1.94. The van der Waals surface area contributed by atoms with Crippen LogP contribution in [0.3, 0.4) is 0 Å². The Bertz CT molecular complexity index is 575. The molecule has 1 heterocycles. The number of hydrogen-bond donors (Lipinski definition) is 2. The number of thiophene rings is 1. The van der Waals surface area contributed by atoms with Crippen LogP contribution >= 0.6 is 11.3 Å². The minimum Gasteiger partial charge on any atom is -0.372 e. The molecule has 1 aromatic rings. The lowest BCUT2D eigenvalue weighted by molar-refractivity contribution is -0.126. The molecule has 1 aliphatic carbocycles. The second kappa shape index (κ2) is 7.45. The van der Waals surface area contributed by atoms with Crippen molar-refractivity contribution < 1.29 is 14.3 Å². The molecule has 5 nitrogen and oxygen atoms in total. The molecule has 6 heteroatoms. The molecule has 23 heavy (non-hydrogen) atoms. The molecule has 1 atom stereocenters. The molecule has 2 N–H and O–H groups in total.